The average Bonchev–Trinajstić information content (AvgIpc) is 2.90. The molecule has 2 saturated heterocycles. The summed E-state index contributed by atoms with van der Waals surface area (Å²) in [4.78, 5) is 27.4. The van der Waals surface area contributed by atoms with Crippen LogP contribution in [0.4, 0.5) is 0 Å². The first-order chi connectivity index (χ1) is 8.24. The number of likely N-dealkylation sites (tertiary alicyclic amines) is 2. The van der Waals surface area contributed by atoms with E-state index in [1.165, 1.54) is 0 Å². The summed E-state index contributed by atoms with van der Waals surface area (Å²) in [6, 6.07) is -0.186. The number of hydrogen-bond acceptors (Lipinski definition) is 3. The second-order valence-electron chi connectivity index (χ2n) is 5.15. The van der Waals surface area contributed by atoms with E-state index in [9.17, 15) is 9.59 Å². The van der Waals surface area contributed by atoms with Crippen LogP contribution in [-0.2, 0) is 9.59 Å². The fourth-order valence-electron chi connectivity index (χ4n) is 2.95. The number of rotatable bonds is 3. The first-order valence-electron chi connectivity index (χ1n) is 6.74. The fourth-order valence-corrected chi connectivity index (χ4v) is 2.95. The Balaban J connectivity index is 1.98. The van der Waals surface area contributed by atoms with Crippen molar-refractivity contribution in [2.24, 2.45) is 0 Å². The van der Waals surface area contributed by atoms with Gasteiger partial charge in [0.2, 0.25) is 5.91 Å². The number of nitrogens with zero attached hydrogens (tertiary/aromatic N) is 2. The quantitative estimate of drug-likeness (QED) is 0.690. The molecular weight excluding hydrogens is 216 g/mol. The predicted molar refractivity (Wildman–Crippen MR) is 65.7 cm³/mol. The van der Waals surface area contributed by atoms with Crippen molar-refractivity contribution in [3.05, 3.63) is 0 Å². The molecule has 2 rings (SSSR count). The van der Waals surface area contributed by atoms with Crippen LogP contribution < -0.4 is 0 Å². The largest absolute Gasteiger partial charge is 0.341 e. The lowest BCUT2D eigenvalue weighted by Gasteiger charge is -2.37. The van der Waals surface area contributed by atoms with Gasteiger partial charge in [0.05, 0.1) is 12.1 Å². The summed E-state index contributed by atoms with van der Waals surface area (Å²) in [6.07, 6.45) is 6.35. The first kappa shape index (κ1) is 12.6. The van der Waals surface area contributed by atoms with Crippen molar-refractivity contribution in [2.75, 3.05) is 19.6 Å². The topological polar surface area (TPSA) is 40.6 Å². The summed E-state index contributed by atoms with van der Waals surface area (Å²) in [5.74, 6) is 0.205. The van der Waals surface area contributed by atoms with Gasteiger partial charge in [0.1, 0.15) is 6.29 Å². The standard InChI is InChI=1S/C13H22N2O2/c1-11(13(17)14-7-4-5-8-14)15-9-3-2-6-12(15)10-16/h10-12H,2-9H2,1H3. The minimum Gasteiger partial charge on any atom is -0.341 e. The lowest BCUT2D eigenvalue weighted by atomic mass is 10.0. The van der Waals surface area contributed by atoms with Gasteiger partial charge in [-0.05, 0) is 39.2 Å². The van der Waals surface area contributed by atoms with Crippen molar-refractivity contribution in [1.29, 1.82) is 0 Å². The Labute approximate surface area is 103 Å². The molecule has 2 aliphatic heterocycles. The maximum atomic E-state index is 12.3. The number of hydrogen-bond donors (Lipinski definition) is 0. The van der Waals surface area contributed by atoms with Crippen LogP contribution in [0.3, 0.4) is 0 Å². The third kappa shape index (κ3) is 2.68. The summed E-state index contributed by atoms with van der Waals surface area (Å²) in [6.45, 7) is 4.61. The Morgan fingerprint density at radius 3 is 2.47 bits per heavy atom. The molecule has 2 heterocycles. The Bertz CT molecular complexity index is 287. The summed E-state index contributed by atoms with van der Waals surface area (Å²) >= 11 is 0. The van der Waals surface area contributed by atoms with Crippen LogP contribution >= 0.6 is 0 Å². The highest BCUT2D eigenvalue weighted by atomic mass is 16.2. The highest BCUT2D eigenvalue weighted by Gasteiger charge is 2.32. The lowest BCUT2D eigenvalue weighted by Crippen LogP contribution is -2.52. The molecule has 2 aliphatic rings. The zero-order chi connectivity index (χ0) is 12.3. The first-order valence-corrected chi connectivity index (χ1v) is 6.74. The Kier molecular flexibility index (Phi) is 4.15. The number of carbonyl (C=O) groups is 2. The number of amides is 1. The highest BCUT2D eigenvalue weighted by Crippen LogP contribution is 2.20. The minimum atomic E-state index is -0.136. The third-order valence-corrected chi connectivity index (χ3v) is 4.02. The van der Waals surface area contributed by atoms with Gasteiger partial charge in [-0.15, -0.1) is 0 Å². The lowest BCUT2D eigenvalue weighted by molar-refractivity contribution is -0.137. The van der Waals surface area contributed by atoms with E-state index in [-0.39, 0.29) is 18.0 Å². The Morgan fingerprint density at radius 2 is 1.82 bits per heavy atom. The molecular formula is C13H22N2O2. The van der Waals surface area contributed by atoms with Gasteiger partial charge in [-0.2, -0.15) is 0 Å². The third-order valence-electron chi connectivity index (χ3n) is 4.02. The van der Waals surface area contributed by atoms with Crippen molar-refractivity contribution >= 4 is 12.2 Å². The minimum absolute atomic E-state index is 0.0506. The smallest absolute Gasteiger partial charge is 0.239 e. The van der Waals surface area contributed by atoms with Crippen molar-refractivity contribution in [1.82, 2.24) is 9.80 Å². The monoisotopic (exact) mass is 238 g/mol. The molecule has 0 radical (unpaired) electrons. The van der Waals surface area contributed by atoms with Gasteiger partial charge < -0.3 is 9.69 Å². The van der Waals surface area contributed by atoms with Crippen LogP contribution in [0.15, 0.2) is 0 Å². The van der Waals surface area contributed by atoms with Crippen molar-refractivity contribution < 1.29 is 9.59 Å². The molecule has 0 aromatic rings. The van der Waals surface area contributed by atoms with E-state index in [0.717, 1.165) is 58.0 Å². The molecule has 0 bridgehead atoms. The van der Waals surface area contributed by atoms with Gasteiger partial charge in [-0.3, -0.25) is 9.69 Å². The van der Waals surface area contributed by atoms with Gasteiger partial charge in [-0.1, -0.05) is 6.42 Å². The molecule has 2 atom stereocenters. The molecule has 0 spiro atoms. The predicted octanol–water partition coefficient (Wildman–Crippen LogP) is 1.05. The second kappa shape index (κ2) is 5.63. The number of carbonyl (C=O) groups excluding carboxylic acids is 2. The Hall–Kier alpha value is -0.900. The number of piperidine rings is 1. The van der Waals surface area contributed by atoms with Crippen LogP contribution in [0.25, 0.3) is 0 Å². The van der Waals surface area contributed by atoms with E-state index in [1.807, 2.05) is 11.8 Å². The molecule has 0 saturated carbocycles. The van der Waals surface area contributed by atoms with E-state index in [2.05, 4.69) is 4.90 Å². The van der Waals surface area contributed by atoms with Gasteiger partial charge in [0.15, 0.2) is 0 Å². The Morgan fingerprint density at radius 1 is 1.18 bits per heavy atom. The second-order valence-corrected chi connectivity index (χ2v) is 5.15. The summed E-state index contributed by atoms with van der Waals surface area (Å²) in [7, 11) is 0. The SMILES string of the molecule is CC(C(=O)N1CCCC1)N1CCCCC1C=O. The van der Waals surface area contributed by atoms with Gasteiger partial charge in [0, 0.05) is 13.1 Å². The molecule has 2 unspecified atom stereocenters. The van der Waals surface area contributed by atoms with E-state index in [4.69, 9.17) is 0 Å². The van der Waals surface area contributed by atoms with E-state index in [0.29, 0.717) is 0 Å². The molecule has 0 N–H and O–H groups in total. The summed E-state index contributed by atoms with van der Waals surface area (Å²) < 4.78 is 0. The van der Waals surface area contributed by atoms with Crippen LogP contribution in [0.5, 0.6) is 0 Å². The molecule has 0 aromatic carbocycles. The van der Waals surface area contributed by atoms with Crippen molar-refractivity contribution in [2.45, 2.75) is 51.1 Å². The van der Waals surface area contributed by atoms with Crippen molar-refractivity contribution in [3.8, 4) is 0 Å². The van der Waals surface area contributed by atoms with Crippen LogP contribution in [0, 0.1) is 0 Å². The molecule has 4 nitrogen and oxygen atoms in total. The molecule has 0 aliphatic carbocycles. The molecule has 96 valence electrons. The normalized spacial score (nSPS) is 28.1. The number of aldehydes is 1. The van der Waals surface area contributed by atoms with Gasteiger partial charge in [-0.25, -0.2) is 0 Å². The average molecular weight is 238 g/mol. The van der Waals surface area contributed by atoms with Crippen LogP contribution in [-0.4, -0.2) is 53.7 Å². The fraction of sp³-hybridized carbons (Fsp3) is 0.846. The van der Waals surface area contributed by atoms with Crippen LogP contribution in [0.1, 0.15) is 39.0 Å². The molecule has 4 heteroatoms. The van der Waals surface area contributed by atoms with Crippen molar-refractivity contribution in [3.63, 3.8) is 0 Å². The van der Waals surface area contributed by atoms with Crippen LogP contribution in [0.2, 0.25) is 0 Å². The summed E-state index contributed by atoms with van der Waals surface area (Å²) in [5.41, 5.74) is 0. The zero-order valence-corrected chi connectivity index (χ0v) is 10.6. The molecule has 2 fully saturated rings. The molecule has 1 amide bonds. The maximum Gasteiger partial charge on any atom is 0.239 e. The highest BCUT2D eigenvalue weighted by molar-refractivity contribution is 5.82. The van der Waals surface area contributed by atoms with Gasteiger partial charge >= 0.3 is 0 Å². The van der Waals surface area contributed by atoms with E-state index >= 15 is 0 Å². The maximum absolute atomic E-state index is 12.3. The molecule has 0 aromatic heterocycles. The van der Waals surface area contributed by atoms with E-state index < -0.39 is 0 Å². The zero-order valence-electron chi connectivity index (χ0n) is 10.6. The summed E-state index contributed by atoms with van der Waals surface area (Å²) in [5, 5.41) is 0. The van der Waals surface area contributed by atoms with Gasteiger partial charge in [0.25, 0.3) is 0 Å². The molecule has 17 heavy (non-hydrogen) atoms. The van der Waals surface area contributed by atoms with E-state index in [1.54, 1.807) is 0 Å².